The first-order chi connectivity index (χ1) is 24.0. The molecule has 18 heteroatoms. The van der Waals surface area contributed by atoms with Gasteiger partial charge in [0.25, 0.3) is 0 Å². The number of anilines is 1. The van der Waals surface area contributed by atoms with Gasteiger partial charge in [0, 0.05) is 5.69 Å². The molecule has 3 heterocycles. The van der Waals surface area contributed by atoms with E-state index in [-0.39, 0.29) is 17.9 Å². The number of aliphatic hydroxyl groups is 9. The van der Waals surface area contributed by atoms with Crippen LogP contribution in [-0.4, -0.2) is 164 Å². The number of hydrogen-bond acceptors (Lipinski definition) is 18. The molecule has 0 aliphatic carbocycles. The quantitative estimate of drug-likeness (QED) is 0.0743. The van der Waals surface area contributed by atoms with Crippen LogP contribution in [0.25, 0.3) is 0 Å². The molecule has 5 rings (SSSR count). The Morgan fingerprint density at radius 3 is 1.70 bits per heavy atom. The molecule has 278 valence electrons. The van der Waals surface area contributed by atoms with Crippen LogP contribution in [0.4, 0.5) is 5.69 Å². The SMILES string of the molecule is Nc1ccccc1C(=O)O[C@H]1[C@@H](O[C@H]2[C@H](O)[C@@H](O)[C@@H](O[C@H]3[C@H](O)[C@@H](O)[C@H](OCc4ccccc4)O[C@@H]3CO)O[C@@H]2CO)O[C@H](CO)[C@@H](O)[C@@H]1O. The van der Waals surface area contributed by atoms with Gasteiger partial charge < -0.3 is 84.9 Å². The van der Waals surface area contributed by atoms with Gasteiger partial charge in [-0.25, -0.2) is 4.79 Å². The molecule has 3 saturated heterocycles. The van der Waals surface area contributed by atoms with Crippen LogP contribution in [0.1, 0.15) is 15.9 Å². The zero-order valence-electron chi connectivity index (χ0n) is 26.6. The Morgan fingerprint density at radius 1 is 0.600 bits per heavy atom. The van der Waals surface area contributed by atoms with Crippen LogP contribution in [0, 0.1) is 0 Å². The number of carbonyl (C=O) groups is 1. The van der Waals surface area contributed by atoms with Gasteiger partial charge in [0.05, 0.1) is 32.0 Å². The van der Waals surface area contributed by atoms with Crippen molar-refractivity contribution in [3.8, 4) is 0 Å². The number of carbonyl (C=O) groups excluding carboxylic acids is 1. The number of para-hydroxylation sites is 1. The Labute approximate surface area is 285 Å². The molecule has 11 N–H and O–H groups in total. The molecular formula is C32H43NO17. The van der Waals surface area contributed by atoms with Crippen molar-refractivity contribution in [3.05, 3.63) is 65.7 Å². The summed E-state index contributed by atoms with van der Waals surface area (Å²) in [6.07, 6.45) is -25.2. The van der Waals surface area contributed by atoms with Crippen molar-refractivity contribution in [2.75, 3.05) is 25.6 Å². The zero-order chi connectivity index (χ0) is 36.1. The van der Waals surface area contributed by atoms with Crippen LogP contribution < -0.4 is 5.73 Å². The number of nitrogen functional groups attached to an aromatic ring is 1. The van der Waals surface area contributed by atoms with Crippen molar-refractivity contribution in [1.82, 2.24) is 0 Å². The normalized spacial score (nSPS) is 39.2. The Balaban J connectivity index is 1.28. The van der Waals surface area contributed by atoms with E-state index in [2.05, 4.69) is 0 Å². The summed E-state index contributed by atoms with van der Waals surface area (Å²) in [6, 6.07) is 14.8. The lowest BCUT2D eigenvalue weighted by Crippen LogP contribution is -2.67. The van der Waals surface area contributed by atoms with Gasteiger partial charge in [-0.05, 0) is 17.7 Å². The molecule has 2 aromatic carbocycles. The minimum Gasteiger partial charge on any atom is -0.450 e. The third-order valence-corrected chi connectivity index (χ3v) is 8.73. The number of hydrogen-bond donors (Lipinski definition) is 10. The highest BCUT2D eigenvalue weighted by molar-refractivity contribution is 5.95. The molecule has 0 radical (unpaired) electrons. The predicted molar refractivity (Wildman–Crippen MR) is 164 cm³/mol. The molecule has 0 bridgehead atoms. The summed E-state index contributed by atoms with van der Waals surface area (Å²) < 4.78 is 39.4. The Hall–Kier alpha value is -2.89. The largest absolute Gasteiger partial charge is 0.450 e. The Kier molecular flexibility index (Phi) is 13.1. The maximum absolute atomic E-state index is 13.0. The van der Waals surface area contributed by atoms with Crippen molar-refractivity contribution in [2.45, 2.75) is 98.7 Å². The van der Waals surface area contributed by atoms with E-state index in [4.69, 9.17) is 38.9 Å². The van der Waals surface area contributed by atoms with Crippen LogP contribution in [0.5, 0.6) is 0 Å². The highest BCUT2D eigenvalue weighted by atomic mass is 16.8. The van der Waals surface area contributed by atoms with Crippen molar-refractivity contribution >= 4 is 11.7 Å². The summed E-state index contributed by atoms with van der Waals surface area (Å²) in [5.74, 6) is -1.03. The fourth-order valence-corrected chi connectivity index (χ4v) is 5.92. The molecule has 18 nitrogen and oxygen atoms in total. The molecule has 0 unspecified atom stereocenters. The van der Waals surface area contributed by atoms with Crippen LogP contribution in [-0.2, 0) is 39.8 Å². The van der Waals surface area contributed by atoms with Crippen LogP contribution in [0.2, 0.25) is 0 Å². The highest BCUT2D eigenvalue weighted by Crippen LogP contribution is 2.34. The molecule has 3 aliphatic rings. The van der Waals surface area contributed by atoms with Crippen molar-refractivity contribution in [1.29, 1.82) is 0 Å². The van der Waals surface area contributed by atoms with Crippen molar-refractivity contribution < 1.29 is 83.9 Å². The number of nitrogens with two attached hydrogens (primary N) is 1. The van der Waals surface area contributed by atoms with Gasteiger partial charge in [-0.2, -0.15) is 0 Å². The second-order valence-electron chi connectivity index (χ2n) is 12.1. The minimum atomic E-state index is -1.98. The second kappa shape index (κ2) is 17.1. The van der Waals surface area contributed by atoms with E-state index in [9.17, 15) is 50.8 Å². The summed E-state index contributed by atoms with van der Waals surface area (Å²) in [5, 5.41) is 95.1. The molecule has 3 fully saturated rings. The summed E-state index contributed by atoms with van der Waals surface area (Å²) in [7, 11) is 0. The average Bonchev–Trinajstić information content (AvgIpc) is 3.12. The Morgan fingerprint density at radius 2 is 1.10 bits per heavy atom. The maximum Gasteiger partial charge on any atom is 0.340 e. The second-order valence-corrected chi connectivity index (χ2v) is 12.1. The van der Waals surface area contributed by atoms with E-state index in [0.717, 1.165) is 5.56 Å². The highest BCUT2D eigenvalue weighted by Gasteiger charge is 2.54. The first kappa shape index (κ1) is 38.3. The van der Waals surface area contributed by atoms with Crippen molar-refractivity contribution in [2.24, 2.45) is 0 Å². The van der Waals surface area contributed by atoms with Gasteiger partial charge in [0.15, 0.2) is 25.0 Å². The number of rotatable bonds is 12. The number of esters is 1. The van der Waals surface area contributed by atoms with E-state index >= 15 is 0 Å². The van der Waals surface area contributed by atoms with Gasteiger partial charge in [-0.3, -0.25) is 0 Å². The first-order valence-corrected chi connectivity index (χ1v) is 15.9. The van der Waals surface area contributed by atoms with Gasteiger partial charge >= 0.3 is 5.97 Å². The number of benzene rings is 2. The smallest absolute Gasteiger partial charge is 0.340 e. The lowest BCUT2D eigenvalue weighted by atomic mass is 9.96. The fraction of sp³-hybridized carbons (Fsp3) is 0.594. The van der Waals surface area contributed by atoms with E-state index < -0.39 is 118 Å². The summed E-state index contributed by atoms with van der Waals surface area (Å²) >= 11 is 0. The van der Waals surface area contributed by atoms with Gasteiger partial charge in [-0.15, -0.1) is 0 Å². The number of ether oxygens (including phenoxy) is 7. The van der Waals surface area contributed by atoms with Gasteiger partial charge in [0.2, 0.25) is 0 Å². The minimum absolute atomic E-state index is 0.00921. The predicted octanol–water partition coefficient (Wildman–Crippen LogP) is -3.90. The molecule has 50 heavy (non-hydrogen) atoms. The topological polar surface area (TPSA) is 290 Å². The number of aliphatic hydroxyl groups excluding tert-OH is 9. The molecule has 15 atom stereocenters. The molecule has 0 amide bonds. The summed E-state index contributed by atoms with van der Waals surface area (Å²) in [6.45, 7) is -2.40. The lowest BCUT2D eigenvalue weighted by molar-refractivity contribution is -0.379. The van der Waals surface area contributed by atoms with E-state index in [1.165, 1.54) is 18.2 Å². The Bertz CT molecular complexity index is 1370. The fourth-order valence-electron chi connectivity index (χ4n) is 5.92. The van der Waals surface area contributed by atoms with Crippen molar-refractivity contribution in [3.63, 3.8) is 0 Å². The molecule has 0 spiro atoms. The monoisotopic (exact) mass is 713 g/mol. The molecule has 0 saturated carbocycles. The standard InChI is InChI=1S/C32H43NO17/c33-16-9-5-4-8-15(16)29(43)48-28-21(38)20(37)17(10-34)45-32(28)50-27-19(12-36)47-31(25(42)23(27)40)49-26-18(11-35)46-30(24(41)22(26)39)44-13-14-6-2-1-3-7-14/h1-9,17-28,30-32,34-42H,10-13,33H2/t17-,18-,19-,20-,21+,22-,23-,24-,25-,26-,27-,28-,30-,31-,32-/m1/s1. The van der Waals surface area contributed by atoms with Crippen LogP contribution in [0.15, 0.2) is 54.6 Å². The first-order valence-electron chi connectivity index (χ1n) is 15.9. The van der Waals surface area contributed by atoms with Gasteiger partial charge in [-0.1, -0.05) is 42.5 Å². The summed E-state index contributed by atoms with van der Waals surface area (Å²) in [5.41, 5.74) is 6.56. The lowest BCUT2D eigenvalue weighted by Gasteiger charge is -2.48. The molecular weight excluding hydrogens is 670 g/mol. The third-order valence-electron chi connectivity index (χ3n) is 8.73. The van der Waals surface area contributed by atoms with E-state index in [1.807, 2.05) is 0 Å². The molecule has 2 aromatic rings. The zero-order valence-corrected chi connectivity index (χ0v) is 26.6. The average molecular weight is 714 g/mol. The third kappa shape index (κ3) is 8.26. The summed E-state index contributed by atoms with van der Waals surface area (Å²) in [4.78, 5) is 13.0. The molecule has 0 aromatic heterocycles. The maximum atomic E-state index is 13.0. The van der Waals surface area contributed by atoms with E-state index in [1.54, 1.807) is 36.4 Å². The van der Waals surface area contributed by atoms with Gasteiger partial charge in [0.1, 0.15) is 67.1 Å². The molecule has 3 aliphatic heterocycles. The van der Waals surface area contributed by atoms with Crippen LogP contribution >= 0.6 is 0 Å². The van der Waals surface area contributed by atoms with E-state index in [0.29, 0.717) is 0 Å². The van der Waals surface area contributed by atoms with Crippen LogP contribution in [0.3, 0.4) is 0 Å².